The summed E-state index contributed by atoms with van der Waals surface area (Å²) in [5, 5.41) is 10.9. The van der Waals surface area contributed by atoms with Gasteiger partial charge in [0.05, 0.1) is 18.8 Å². The van der Waals surface area contributed by atoms with Gasteiger partial charge in [0, 0.05) is 30.0 Å². The molecule has 1 aliphatic heterocycles. The SMILES string of the molecule is OC1(C(CN2CCOCC2)c2cccc(Br)c2)CCC1. The molecule has 20 heavy (non-hydrogen) atoms. The number of hydrogen-bond acceptors (Lipinski definition) is 3. The average Bonchev–Trinajstić information content (AvgIpc) is 2.43. The Labute approximate surface area is 129 Å². The predicted octanol–water partition coefficient (Wildman–Crippen LogP) is 2.78. The van der Waals surface area contributed by atoms with Crippen molar-refractivity contribution in [2.75, 3.05) is 32.8 Å². The molecule has 1 saturated carbocycles. The molecule has 1 N–H and O–H groups in total. The fraction of sp³-hybridized carbons (Fsp3) is 0.625. The van der Waals surface area contributed by atoms with E-state index in [0.29, 0.717) is 0 Å². The van der Waals surface area contributed by atoms with E-state index in [0.717, 1.165) is 56.6 Å². The van der Waals surface area contributed by atoms with E-state index in [4.69, 9.17) is 4.74 Å². The Hall–Kier alpha value is -0.420. The van der Waals surface area contributed by atoms with Crippen molar-refractivity contribution < 1.29 is 9.84 Å². The summed E-state index contributed by atoms with van der Waals surface area (Å²) in [6.07, 6.45) is 2.99. The van der Waals surface area contributed by atoms with Crippen molar-refractivity contribution in [2.45, 2.75) is 30.8 Å². The number of rotatable bonds is 4. The van der Waals surface area contributed by atoms with Gasteiger partial charge in [-0.2, -0.15) is 0 Å². The van der Waals surface area contributed by atoms with Gasteiger partial charge in [-0.3, -0.25) is 4.90 Å². The van der Waals surface area contributed by atoms with Gasteiger partial charge in [-0.1, -0.05) is 28.1 Å². The molecule has 1 saturated heterocycles. The van der Waals surface area contributed by atoms with Crippen molar-refractivity contribution in [3.05, 3.63) is 34.3 Å². The van der Waals surface area contributed by atoms with E-state index in [1.165, 1.54) is 5.56 Å². The van der Waals surface area contributed by atoms with Crippen LogP contribution in [0.5, 0.6) is 0 Å². The Balaban J connectivity index is 1.80. The van der Waals surface area contributed by atoms with Gasteiger partial charge in [-0.15, -0.1) is 0 Å². The summed E-state index contributed by atoms with van der Waals surface area (Å²) in [7, 11) is 0. The third-order valence-corrected chi connectivity index (χ3v) is 5.16. The lowest BCUT2D eigenvalue weighted by atomic mass is 9.68. The number of benzene rings is 1. The number of hydrogen-bond donors (Lipinski definition) is 1. The van der Waals surface area contributed by atoms with Gasteiger partial charge in [-0.25, -0.2) is 0 Å². The fourth-order valence-electron chi connectivity index (χ4n) is 3.24. The van der Waals surface area contributed by atoms with Gasteiger partial charge in [0.25, 0.3) is 0 Å². The van der Waals surface area contributed by atoms with E-state index >= 15 is 0 Å². The maximum atomic E-state index is 10.9. The van der Waals surface area contributed by atoms with Crippen molar-refractivity contribution in [3.8, 4) is 0 Å². The molecule has 0 aromatic heterocycles. The Kier molecular flexibility index (Phi) is 4.46. The molecule has 1 aliphatic carbocycles. The normalized spacial score (nSPS) is 24.1. The molecular weight excluding hydrogens is 318 g/mol. The van der Waals surface area contributed by atoms with Crippen molar-refractivity contribution in [2.24, 2.45) is 0 Å². The molecule has 4 heteroatoms. The molecule has 1 unspecified atom stereocenters. The summed E-state index contributed by atoms with van der Waals surface area (Å²) in [5.41, 5.74) is 0.729. The fourth-order valence-corrected chi connectivity index (χ4v) is 3.66. The van der Waals surface area contributed by atoms with Crippen LogP contribution in [0.1, 0.15) is 30.7 Å². The molecule has 2 aliphatic rings. The second-order valence-corrected chi connectivity index (χ2v) is 6.89. The highest BCUT2D eigenvalue weighted by Gasteiger charge is 2.43. The van der Waals surface area contributed by atoms with Crippen molar-refractivity contribution in [3.63, 3.8) is 0 Å². The van der Waals surface area contributed by atoms with Crippen LogP contribution in [0.3, 0.4) is 0 Å². The number of morpholine rings is 1. The van der Waals surface area contributed by atoms with Crippen molar-refractivity contribution in [1.29, 1.82) is 0 Å². The Morgan fingerprint density at radius 1 is 1.30 bits per heavy atom. The van der Waals surface area contributed by atoms with Gasteiger partial charge in [-0.05, 0) is 37.0 Å². The zero-order chi connectivity index (χ0) is 14.0. The monoisotopic (exact) mass is 339 g/mol. The number of nitrogens with zero attached hydrogens (tertiary/aromatic N) is 1. The largest absolute Gasteiger partial charge is 0.389 e. The average molecular weight is 340 g/mol. The Bertz CT molecular complexity index is 456. The lowest BCUT2D eigenvalue weighted by Gasteiger charge is -2.45. The maximum absolute atomic E-state index is 10.9. The molecule has 1 heterocycles. The highest BCUT2D eigenvalue weighted by atomic mass is 79.9. The Morgan fingerprint density at radius 2 is 2.05 bits per heavy atom. The molecule has 1 aromatic rings. The van der Waals surface area contributed by atoms with Crippen LogP contribution in [0, 0.1) is 0 Å². The Morgan fingerprint density at radius 3 is 2.65 bits per heavy atom. The summed E-state index contributed by atoms with van der Waals surface area (Å²) in [6.45, 7) is 4.49. The summed E-state index contributed by atoms with van der Waals surface area (Å²) in [5.74, 6) is 0.201. The third-order valence-electron chi connectivity index (χ3n) is 4.66. The molecule has 1 atom stereocenters. The van der Waals surface area contributed by atoms with Crippen LogP contribution in [-0.4, -0.2) is 48.5 Å². The van der Waals surface area contributed by atoms with Crippen LogP contribution in [0.15, 0.2) is 28.7 Å². The quantitative estimate of drug-likeness (QED) is 0.915. The van der Waals surface area contributed by atoms with Crippen LogP contribution in [0.4, 0.5) is 0 Å². The zero-order valence-electron chi connectivity index (χ0n) is 11.7. The van der Waals surface area contributed by atoms with Gasteiger partial charge >= 0.3 is 0 Å². The van der Waals surface area contributed by atoms with Gasteiger partial charge < -0.3 is 9.84 Å². The molecular formula is C16H22BrNO2. The van der Waals surface area contributed by atoms with Crippen LogP contribution in [0.2, 0.25) is 0 Å². The highest BCUT2D eigenvalue weighted by Crippen LogP contribution is 2.44. The van der Waals surface area contributed by atoms with E-state index in [-0.39, 0.29) is 5.92 Å². The molecule has 3 nitrogen and oxygen atoms in total. The molecule has 0 bridgehead atoms. The molecule has 2 fully saturated rings. The lowest BCUT2D eigenvalue weighted by Crippen LogP contribution is -2.49. The predicted molar refractivity (Wildman–Crippen MR) is 82.9 cm³/mol. The minimum Gasteiger partial charge on any atom is -0.389 e. The summed E-state index contributed by atoms with van der Waals surface area (Å²) in [4.78, 5) is 2.42. The standard InChI is InChI=1S/C16H22BrNO2/c17-14-4-1-3-13(11-14)15(16(19)5-2-6-16)12-18-7-9-20-10-8-18/h1,3-4,11,15,19H,2,5-10,12H2. The minimum absolute atomic E-state index is 0.201. The molecule has 110 valence electrons. The minimum atomic E-state index is -0.515. The maximum Gasteiger partial charge on any atom is 0.0728 e. The van der Waals surface area contributed by atoms with Crippen LogP contribution in [0.25, 0.3) is 0 Å². The molecule has 0 radical (unpaired) electrons. The van der Waals surface area contributed by atoms with Crippen LogP contribution in [-0.2, 0) is 4.74 Å². The first-order chi connectivity index (χ1) is 9.67. The summed E-state index contributed by atoms with van der Waals surface area (Å²) < 4.78 is 6.51. The third kappa shape index (κ3) is 3.08. The topological polar surface area (TPSA) is 32.7 Å². The van der Waals surface area contributed by atoms with Gasteiger partial charge in [0.1, 0.15) is 0 Å². The first-order valence-electron chi connectivity index (χ1n) is 7.45. The van der Waals surface area contributed by atoms with E-state index < -0.39 is 5.60 Å². The number of ether oxygens (including phenoxy) is 1. The van der Waals surface area contributed by atoms with Crippen LogP contribution >= 0.6 is 15.9 Å². The summed E-state index contributed by atoms with van der Waals surface area (Å²) in [6, 6.07) is 8.40. The molecule has 0 amide bonds. The van der Waals surface area contributed by atoms with Crippen molar-refractivity contribution >= 4 is 15.9 Å². The highest BCUT2D eigenvalue weighted by molar-refractivity contribution is 9.10. The molecule has 1 aromatic carbocycles. The van der Waals surface area contributed by atoms with Gasteiger partial charge in [0.15, 0.2) is 0 Å². The van der Waals surface area contributed by atoms with Crippen LogP contribution < -0.4 is 0 Å². The lowest BCUT2D eigenvalue weighted by molar-refractivity contribution is -0.0708. The van der Waals surface area contributed by atoms with E-state index in [9.17, 15) is 5.11 Å². The second-order valence-electron chi connectivity index (χ2n) is 5.98. The van der Waals surface area contributed by atoms with Crippen molar-refractivity contribution in [1.82, 2.24) is 4.90 Å². The first-order valence-corrected chi connectivity index (χ1v) is 8.25. The molecule has 3 rings (SSSR count). The molecule has 0 spiro atoms. The van der Waals surface area contributed by atoms with E-state index in [1.807, 2.05) is 6.07 Å². The van der Waals surface area contributed by atoms with E-state index in [1.54, 1.807) is 0 Å². The number of halogens is 1. The van der Waals surface area contributed by atoms with E-state index in [2.05, 4.69) is 39.0 Å². The summed E-state index contributed by atoms with van der Waals surface area (Å²) >= 11 is 3.55. The van der Waals surface area contributed by atoms with Gasteiger partial charge in [0.2, 0.25) is 0 Å². The smallest absolute Gasteiger partial charge is 0.0728 e. The zero-order valence-corrected chi connectivity index (χ0v) is 13.3. The first kappa shape index (κ1) is 14.5. The number of aliphatic hydroxyl groups is 1. The second kappa shape index (κ2) is 6.14.